The third kappa shape index (κ3) is 2.48. The topological polar surface area (TPSA) is 25.2 Å². The van der Waals surface area contributed by atoms with Gasteiger partial charge in [0.15, 0.2) is 0 Å². The van der Waals surface area contributed by atoms with Crippen molar-refractivity contribution in [3.8, 4) is 0 Å². The minimum absolute atomic E-state index is 0.124. The Kier molecular flexibility index (Phi) is 3.34. The monoisotopic (exact) mass is 298 g/mol. The first-order valence-corrected chi connectivity index (χ1v) is 7.85. The molecule has 3 heterocycles. The molecule has 114 valence electrons. The highest BCUT2D eigenvalue weighted by atomic mass is 19.1. The summed E-state index contributed by atoms with van der Waals surface area (Å²) in [5, 5.41) is 0. The molecule has 0 aliphatic carbocycles. The van der Waals surface area contributed by atoms with Gasteiger partial charge in [-0.25, -0.2) is 4.39 Å². The Balaban J connectivity index is 1.56. The first kappa shape index (κ1) is 13.7. The molecule has 1 fully saturated rings. The molecule has 2 bridgehead atoms. The molecule has 1 saturated heterocycles. The highest BCUT2D eigenvalue weighted by Crippen LogP contribution is 2.35. The van der Waals surface area contributed by atoms with Gasteiger partial charge in [0.05, 0.1) is 0 Å². The van der Waals surface area contributed by atoms with Crippen LogP contribution in [0.15, 0.2) is 47.3 Å². The van der Waals surface area contributed by atoms with Crippen LogP contribution in [0.1, 0.15) is 23.6 Å². The van der Waals surface area contributed by atoms with Crippen LogP contribution in [0.2, 0.25) is 0 Å². The number of hydrogen-bond acceptors (Lipinski definition) is 2. The highest BCUT2D eigenvalue weighted by Gasteiger charge is 2.34. The fraction of sp³-hybridized carbons (Fsp3) is 0.389. The fourth-order valence-electron chi connectivity index (χ4n) is 3.97. The molecule has 3 nitrogen and oxygen atoms in total. The third-order valence-corrected chi connectivity index (χ3v) is 4.87. The van der Waals surface area contributed by atoms with Gasteiger partial charge in [0, 0.05) is 43.9 Å². The summed E-state index contributed by atoms with van der Waals surface area (Å²) in [6.45, 7) is 3.65. The van der Waals surface area contributed by atoms with Crippen LogP contribution >= 0.6 is 0 Å². The maximum atomic E-state index is 13.0. The Morgan fingerprint density at radius 2 is 1.86 bits per heavy atom. The molecule has 2 aliphatic heterocycles. The van der Waals surface area contributed by atoms with Gasteiger partial charge in [-0.05, 0) is 36.1 Å². The molecule has 4 rings (SSSR count). The molecule has 2 atom stereocenters. The molecular formula is C18H19FN2O. The second-order valence-electron chi connectivity index (χ2n) is 6.52. The molecule has 4 heteroatoms. The van der Waals surface area contributed by atoms with E-state index in [-0.39, 0.29) is 11.4 Å². The van der Waals surface area contributed by atoms with Gasteiger partial charge < -0.3 is 4.57 Å². The molecule has 0 spiro atoms. The van der Waals surface area contributed by atoms with Crippen molar-refractivity contribution >= 4 is 0 Å². The lowest BCUT2D eigenvalue weighted by molar-refractivity contribution is 0.114. The summed E-state index contributed by atoms with van der Waals surface area (Å²) in [7, 11) is 0. The van der Waals surface area contributed by atoms with Crippen molar-refractivity contribution in [1.29, 1.82) is 0 Å². The van der Waals surface area contributed by atoms with E-state index in [0.717, 1.165) is 31.7 Å². The number of piperidine rings is 1. The molecule has 0 amide bonds. The normalized spacial score (nSPS) is 24.0. The van der Waals surface area contributed by atoms with Gasteiger partial charge in [0.25, 0.3) is 5.56 Å². The van der Waals surface area contributed by atoms with E-state index < -0.39 is 0 Å². The lowest BCUT2D eigenvalue weighted by atomic mass is 9.83. The van der Waals surface area contributed by atoms with Crippen LogP contribution in [-0.2, 0) is 13.1 Å². The number of likely N-dealkylation sites (tertiary alicyclic amines) is 1. The summed E-state index contributed by atoms with van der Waals surface area (Å²) in [5.74, 6) is 0.779. The molecule has 1 aromatic carbocycles. The lowest BCUT2D eigenvalue weighted by Crippen LogP contribution is -2.46. The van der Waals surface area contributed by atoms with Crippen LogP contribution in [0.3, 0.4) is 0 Å². The first-order valence-electron chi connectivity index (χ1n) is 7.85. The largest absolute Gasteiger partial charge is 0.312 e. The number of pyridine rings is 1. The van der Waals surface area contributed by atoms with Crippen LogP contribution in [0.25, 0.3) is 0 Å². The van der Waals surface area contributed by atoms with Crippen molar-refractivity contribution in [2.24, 2.45) is 5.92 Å². The number of nitrogens with zero attached hydrogens (tertiary/aromatic N) is 2. The average molecular weight is 298 g/mol. The summed E-state index contributed by atoms with van der Waals surface area (Å²) >= 11 is 0. The minimum Gasteiger partial charge on any atom is -0.312 e. The third-order valence-electron chi connectivity index (χ3n) is 4.87. The van der Waals surface area contributed by atoms with Crippen molar-refractivity contribution in [1.82, 2.24) is 9.47 Å². The Morgan fingerprint density at radius 3 is 2.68 bits per heavy atom. The van der Waals surface area contributed by atoms with Crippen molar-refractivity contribution in [3.63, 3.8) is 0 Å². The fourth-order valence-corrected chi connectivity index (χ4v) is 3.97. The standard InChI is InChI=1S/C18H19FN2O/c19-16-6-4-13(5-7-16)9-20-10-14-8-15(12-20)17-2-1-3-18(22)21(17)11-14/h1-7,14-15H,8-12H2/t14-,15-/m0/s1. The van der Waals surface area contributed by atoms with E-state index in [2.05, 4.69) is 11.0 Å². The van der Waals surface area contributed by atoms with Crippen molar-refractivity contribution < 1.29 is 4.39 Å². The first-order chi connectivity index (χ1) is 10.7. The predicted molar refractivity (Wildman–Crippen MR) is 83.2 cm³/mol. The van der Waals surface area contributed by atoms with E-state index in [9.17, 15) is 9.18 Å². The average Bonchev–Trinajstić information content (AvgIpc) is 2.51. The number of benzene rings is 1. The smallest absolute Gasteiger partial charge is 0.250 e. The summed E-state index contributed by atoms with van der Waals surface area (Å²) in [6.07, 6.45) is 1.17. The summed E-state index contributed by atoms with van der Waals surface area (Å²) in [4.78, 5) is 14.5. The molecule has 0 N–H and O–H groups in total. The summed E-state index contributed by atoms with van der Waals surface area (Å²) < 4.78 is 15.0. The van der Waals surface area contributed by atoms with E-state index in [0.29, 0.717) is 11.8 Å². The van der Waals surface area contributed by atoms with Gasteiger partial charge in [-0.3, -0.25) is 9.69 Å². The number of rotatable bonds is 2. The second kappa shape index (κ2) is 5.36. The lowest BCUT2D eigenvalue weighted by Gasteiger charge is -2.42. The van der Waals surface area contributed by atoms with Crippen LogP contribution in [0.4, 0.5) is 4.39 Å². The van der Waals surface area contributed by atoms with Gasteiger partial charge in [-0.1, -0.05) is 18.2 Å². The Labute approximate surface area is 129 Å². The van der Waals surface area contributed by atoms with E-state index in [1.807, 2.05) is 22.8 Å². The van der Waals surface area contributed by atoms with E-state index >= 15 is 0 Å². The van der Waals surface area contributed by atoms with Gasteiger partial charge in [-0.15, -0.1) is 0 Å². The maximum Gasteiger partial charge on any atom is 0.250 e. The van der Waals surface area contributed by atoms with Crippen molar-refractivity contribution in [3.05, 3.63) is 69.9 Å². The summed E-state index contributed by atoms with van der Waals surface area (Å²) in [5.41, 5.74) is 2.44. The second-order valence-corrected chi connectivity index (χ2v) is 6.52. The van der Waals surface area contributed by atoms with Crippen molar-refractivity contribution in [2.75, 3.05) is 13.1 Å². The molecule has 2 aromatic rings. The van der Waals surface area contributed by atoms with Crippen LogP contribution in [0.5, 0.6) is 0 Å². The molecule has 0 unspecified atom stereocenters. The molecule has 2 aliphatic rings. The Hall–Kier alpha value is -1.94. The summed E-state index contributed by atoms with van der Waals surface area (Å²) in [6, 6.07) is 12.4. The van der Waals surface area contributed by atoms with Crippen molar-refractivity contribution in [2.45, 2.75) is 25.4 Å². The minimum atomic E-state index is -0.187. The van der Waals surface area contributed by atoms with E-state index in [1.165, 1.54) is 24.2 Å². The van der Waals surface area contributed by atoms with Crippen LogP contribution in [-0.4, -0.2) is 22.6 Å². The predicted octanol–water partition coefficient (Wildman–Crippen LogP) is 2.61. The zero-order chi connectivity index (χ0) is 15.1. The molecular weight excluding hydrogens is 279 g/mol. The number of hydrogen-bond donors (Lipinski definition) is 0. The van der Waals surface area contributed by atoms with E-state index in [4.69, 9.17) is 0 Å². The van der Waals surface area contributed by atoms with Crippen LogP contribution in [0, 0.1) is 11.7 Å². The van der Waals surface area contributed by atoms with Crippen LogP contribution < -0.4 is 5.56 Å². The number of halogens is 1. The van der Waals surface area contributed by atoms with Gasteiger partial charge >= 0.3 is 0 Å². The maximum absolute atomic E-state index is 13.0. The molecule has 22 heavy (non-hydrogen) atoms. The highest BCUT2D eigenvalue weighted by molar-refractivity contribution is 5.19. The number of fused-ring (bicyclic) bond motifs is 4. The zero-order valence-corrected chi connectivity index (χ0v) is 12.4. The van der Waals surface area contributed by atoms with Gasteiger partial charge in [0.1, 0.15) is 5.82 Å². The Morgan fingerprint density at radius 1 is 1.05 bits per heavy atom. The molecule has 1 aromatic heterocycles. The SMILES string of the molecule is O=c1cccc2n1C[C@H]1C[C@H]2CN(Cc2ccc(F)cc2)C1. The molecule has 0 radical (unpaired) electrons. The van der Waals surface area contributed by atoms with E-state index in [1.54, 1.807) is 6.07 Å². The number of aromatic nitrogens is 1. The van der Waals surface area contributed by atoms with Gasteiger partial charge in [0.2, 0.25) is 0 Å². The molecule has 0 saturated carbocycles. The Bertz CT molecular complexity index is 737. The quantitative estimate of drug-likeness (QED) is 0.851. The zero-order valence-electron chi connectivity index (χ0n) is 12.4. The van der Waals surface area contributed by atoms with Gasteiger partial charge in [-0.2, -0.15) is 0 Å².